The summed E-state index contributed by atoms with van der Waals surface area (Å²) in [5.74, 6) is -0.940. The number of aliphatic hydroxyl groups excluding tert-OH is 1. The predicted octanol–water partition coefficient (Wildman–Crippen LogP) is 0.376. The minimum atomic E-state index is -0.965. The van der Waals surface area contributed by atoms with Crippen molar-refractivity contribution >= 4 is 11.9 Å². The monoisotopic (exact) mass is 217 g/mol. The Morgan fingerprint density at radius 1 is 1.33 bits per heavy atom. The number of amides is 1. The van der Waals surface area contributed by atoms with Crippen LogP contribution >= 0.6 is 0 Å². The van der Waals surface area contributed by atoms with Gasteiger partial charge in [-0.05, 0) is 12.3 Å². The Hall–Kier alpha value is -1.10. The summed E-state index contributed by atoms with van der Waals surface area (Å²) >= 11 is 0. The average Bonchev–Trinajstić information content (AvgIpc) is 2.21. The maximum Gasteiger partial charge on any atom is 0.303 e. The fourth-order valence-electron chi connectivity index (χ4n) is 1.20. The van der Waals surface area contributed by atoms with Crippen molar-refractivity contribution in [2.75, 3.05) is 13.2 Å². The Balaban J connectivity index is 3.63. The normalized spacial score (nSPS) is 12.1. The van der Waals surface area contributed by atoms with Crippen LogP contribution in [0.15, 0.2) is 0 Å². The van der Waals surface area contributed by atoms with Gasteiger partial charge in [-0.3, -0.25) is 9.59 Å². The first-order valence-corrected chi connectivity index (χ1v) is 5.19. The summed E-state index contributed by atoms with van der Waals surface area (Å²) in [4.78, 5) is 21.3. The Labute approximate surface area is 89.5 Å². The highest BCUT2D eigenvalue weighted by Crippen LogP contribution is 2.05. The van der Waals surface area contributed by atoms with Crippen LogP contribution < -0.4 is 5.32 Å². The van der Waals surface area contributed by atoms with Gasteiger partial charge in [-0.15, -0.1) is 0 Å². The van der Waals surface area contributed by atoms with Crippen molar-refractivity contribution in [2.24, 2.45) is 5.92 Å². The van der Waals surface area contributed by atoms with Crippen LogP contribution in [0.25, 0.3) is 0 Å². The molecule has 0 aromatic carbocycles. The van der Waals surface area contributed by atoms with Crippen LogP contribution in [0, 0.1) is 5.92 Å². The zero-order valence-electron chi connectivity index (χ0n) is 9.03. The van der Waals surface area contributed by atoms with Crippen molar-refractivity contribution < 1.29 is 19.8 Å². The van der Waals surface area contributed by atoms with Crippen LogP contribution in [0.3, 0.4) is 0 Å². The summed E-state index contributed by atoms with van der Waals surface area (Å²) in [5.41, 5.74) is 0. The number of carbonyl (C=O) groups excluding carboxylic acids is 1. The molecule has 88 valence electrons. The van der Waals surface area contributed by atoms with E-state index in [1.54, 1.807) is 0 Å². The van der Waals surface area contributed by atoms with Gasteiger partial charge in [0, 0.05) is 19.6 Å². The van der Waals surface area contributed by atoms with Crippen LogP contribution in [-0.2, 0) is 9.59 Å². The zero-order valence-corrected chi connectivity index (χ0v) is 9.03. The maximum atomic E-state index is 11.1. The van der Waals surface area contributed by atoms with Gasteiger partial charge >= 0.3 is 5.97 Å². The van der Waals surface area contributed by atoms with Crippen molar-refractivity contribution in [3.05, 3.63) is 0 Å². The third-order valence-electron chi connectivity index (χ3n) is 2.27. The number of carboxylic acids is 1. The van der Waals surface area contributed by atoms with E-state index in [0.717, 1.165) is 6.42 Å². The standard InChI is InChI=1S/C10H19NO4/c1-2-8(5-6-12)7-11-9(13)3-4-10(14)15/h8,12H,2-7H2,1H3,(H,11,13)(H,14,15). The third-order valence-corrected chi connectivity index (χ3v) is 2.27. The highest BCUT2D eigenvalue weighted by molar-refractivity contribution is 5.80. The third kappa shape index (κ3) is 7.93. The molecular weight excluding hydrogens is 198 g/mol. The van der Waals surface area contributed by atoms with Gasteiger partial charge in [0.1, 0.15) is 0 Å². The zero-order chi connectivity index (χ0) is 11.7. The molecule has 0 aliphatic rings. The summed E-state index contributed by atoms with van der Waals surface area (Å²) in [6.07, 6.45) is 1.43. The SMILES string of the molecule is CCC(CCO)CNC(=O)CCC(=O)O. The fraction of sp³-hybridized carbons (Fsp3) is 0.800. The highest BCUT2D eigenvalue weighted by atomic mass is 16.4. The first-order valence-electron chi connectivity index (χ1n) is 5.19. The summed E-state index contributed by atoms with van der Waals surface area (Å²) in [5, 5.41) is 19.7. The molecule has 0 saturated carbocycles. The number of carbonyl (C=O) groups is 2. The first kappa shape index (κ1) is 13.9. The number of aliphatic hydroxyl groups is 1. The number of aliphatic carboxylic acids is 1. The molecule has 0 radical (unpaired) electrons. The topological polar surface area (TPSA) is 86.6 Å². The Kier molecular flexibility index (Phi) is 7.62. The lowest BCUT2D eigenvalue weighted by molar-refractivity contribution is -0.138. The molecule has 3 N–H and O–H groups in total. The minimum Gasteiger partial charge on any atom is -0.481 e. The Bertz CT molecular complexity index is 206. The molecule has 0 bridgehead atoms. The van der Waals surface area contributed by atoms with Crippen LogP contribution in [0.2, 0.25) is 0 Å². The van der Waals surface area contributed by atoms with Crippen molar-refractivity contribution in [3.63, 3.8) is 0 Å². The second kappa shape index (κ2) is 8.23. The Morgan fingerprint density at radius 3 is 2.47 bits per heavy atom. The summed E-state index contributed by atoms with van der Waals surface area (Å²) in [7, 11) is 0. The van der Waals surface area contributed by atoms with Gasteiger partial charge in [-0.1, -0.05) is 13.3 Å². The average molecular weight is 217 g/mol. The summed E-state index contributed by atoms with van der Waals surface area (Å²) in [6.45, 7) is 2.61. The molecule has 15 heavy (non-hydrogen) atoms. The van der Waals surface area contributed by atoms with E-state index in [4.69, 9.17) is 10.2 Å². The maximum absolute atomic E-state index is 11.1. The second-order valence-corrected chi connectivity index (χ2v) is 3.48. The number of hydrogen-bond acceptors (Lipinski definition) is 3. The minimum absolute atomic E-state index is 0.0187. The number of carboxylic acid groups (broad SMARTS) is 1. The lowest BCUT2D eigenvalue weighted by atomic mass is 10.0. The molecule has 1 unspecified atom stereocenters. The lowest BCUT2D eigenvalue weighted by Crippen LogP contribution is -2.29. The molecule has 0 spiro atoms. The van der Waals surface area contributed by atoms with Gasteiger partial charge in [-0.2, -0.15) is 0 Å². The van der Waals surface area contributed by atoms with Crippen LogP contribution in [0.5, 0.6) is 0 Å². The number of rotatable bonds is 8. The summed E-state index contributed by atoms with van der Waals surface area (Å²) in [6, 6.07) is 0. The Morgan fingerprint density at radius 2 is 2.00 bits per heavy atom. The predicted molar refractivity (Wildman–Crippen MR) is 55.4 cm³/mol. The molecule has 1 atom stereocenters. The van der Waals surface area contributed by atoms with Crippen molar-refractivity contribution in [1.82, 2.24) is 5.32 Å². The number of nitrogens with one attached hydrogen (secondary N) is 1. The van der Waals surface area contributed by atoms with Crippen molar-refractivity contribution in [1.29, 1.82) is 0 Å². The first-order chi connectivity index (χ1) is 7.10. The van der Waals surface area contributed by atoms with E-state index in [-0.39, 0.29) is 31.3 Å². The largest absolute Gasteiger partial charge is 0.481 e. The van der Waals surface area contributed by atoms with Crippen molar-refractivity contribution in [2.45, 2.75) is 32.6 Å². The van der Waals surface area contributed by atoms with Gasteiger partial charge < -0.3 is 15.5 Å². The molecule has 0 heterocycles. The van der Waals surface area contributed by atoms with Gasteiger partial charge in [0.05, 0.1) is 6.42 Å². The smallest absolute Gasteiger partial charge is 0.303 e. The molecule has 1 amide bonds. The van der Waals surface area contributed by atoms with Crippen LogP contribution in [0.4, 0.5) is 0 Å². The van der Waals surface area contributed by atoms with Gasteiger partial charge in [0.2, 0.25) is 5.91 Å². The van der Waals surface area contributed by atoms with Crippen LogP contribution in [-0.4, -0.2) is 35.2 Å². The van der Waals surface area contributed by atoms with E-state index >= 15 is 0 Å². The molecule has 0 rings (SSSR count). The molecule has 0 aliphatic heterocycles. The van der Waals surface area contributed by atoms with E-state index in [1.165, 1.54) is 0 Å². The van der Waals surface area contributed by atoms with Gasteiger partial charge in [0.15, 0.2) is 0 Å². The van der Waals surface area contributed by atoms with E-state index in [1.807, 2.05) is 6.92 Å². The van der Waals surface area contributed by atoms with Gasteiger partial charge in [-0.25, -0.2) is 0 Å². The van der Waals surface area contributed by atoms with Crippen molar-refractivity contribution in [3.8, 4) is 0 Å². The number of hydrogen-bond donors (Lipinski definition) is 3. The van der Waals surface area contributed by atoms with E-state index < -0.39 is 5.97 Å². The second-order valence-electron chi connectivity index (χ2n) is 3.48. The van der Waals surface area contributed by atoms with Crippen LogP contribution in [0.1, 0.15) is 32.6 Å². The fourth-order valence-corrected chi connectivity index (χ4v) is 1.20. The molecule has 0 aliphatic carbocycles. The molecule has 5 nitrogen and oxygen atoms in total. The summed E-state index contributed by atoms with van der Waals surface area (Å²) < 4.78 is 0. The van der Waals surface area contributed by atoms with E-state index in [2.05, 4.69) is 5.32 Å². The highest BCUT2D eigenvalue weighted by Gasteiger charge is 2.09. The van der Waals surface area contributed by atoms with Gasteiger partial charge in [0.25, 0.3) is 0 Å². The quantitative estimate of drug-likeness (QED) is 0.548. The molecule has 5 heteroatoms. The molecule has 0 aromatic rings. The molecule has 0 saturated heterocycles. The molecular formula is C10H19NO4. The lowest BCUT2D eigenvalue weighted by Gasteiger charge is -2.13. The molecule has 0 aromatic heterocycles. The van der Waals surface area contributed by atoms with E-state index in [0.29, 0.717) is 13.0 Å². The molecule has 0 fully saturated rings. The van der Waals surface area contributed by atoms with E-state index in [9.17, 15) is 9.59 Å².